The number of halogens is 1. The van der Waals surface area contributed by atoms with Crippen molar-refractivity contribution in [2.24, 2.45) is 0 Å². The Morgan fingerprint density at radius 3 is 2.72 bits per heavy atom. The Balaban J connectivity index is 2.21. The third-order valence-electron chi connectivity index (χ3n) is 2.78. The van der Waals surface area contributed by atoms with E-state index in [4.69, 9.17) is 10.2 Å². The van der Waals surface area contributed by atoms with Crippen LogP contribution >= 0.6 is 0 Å². The Kier molecular flexibility index (Phi) is 2.26. The molecule has 0 spiro atoms. The number of nitrogens with two attached hydrogens (primary N) is 1. The number of anilines is 1. The maximum atomic E-state index is 13.0. The second-order valence-corrected chi connectivity index (χ2v) is 4.08. The van der Waals surface area contributed by atoms with E-state index in [0.29, 0.717) is 22.5 Å². The lowest BCUT2D eigenvalue weighted by Gasteiger charge is -2.04. The number of nitrogens with zero attached hydrogens (tertiary/aromatic N) is 2. The molecule has 2 N–H and O–H groups in total. The molecule has 0 bridgehead atoms. The zero-order valence-electron chi connectivity index (χ0n) is 9.64. The molecule has 0 aliphatic rings. The summed E-state index contributed by atoms with van der Waals surface area (Å²) in [5, 5.41) is 0.701. The molecule has 0 radical (unpaired) electrons. The van der Waals surface area contributed by atoms with E-state index in [-0.39, 0.29) is 0 Å². The SMILES string of the molecule is Cc1cc2oc(F)cc2cc1-c1cnc(N)cn1. The van der Waals surface area contributed by atoms with Crippen molar-refractivity contribution in [1.82, 2.24) is 9.97 Å². The van der Waals surface area contributed by atoms with E-state index in [1.807, 2.05) is 13.0 Å². The van der Waals surface area contributed by atoms with Crippen molar-refractivity contribution in [3.8, 4) is 11.3 Å². The van der Waals surface area contributed by atoms with E-state index in [0.717, 1.165) is 11.1 Å². The Bertz CT molecular complexity index is 719. The zero-order chi connectivity index (χ0) is 12.7. The second kappa shape index (κ2) is 3.80. The first-order valence-electron chi connectivity index (χ1n) is 5.41. The summed E-state index contributed by atoms with van der Waals surface area (Å²) in [5.74, 6) is 0.367. The molecule has 0 saturated carbocycles. The maximum absolute atomic E-state index is 13.0. The summed E-state index contributed by atoms with van der Waals surface area (Å²) in [6, 6.07) is 4.37. The van der Waals surface area contributed by atoms with Crippen molar-refractivity contribution in [2.75, 3.05) is 5.73 Å². The van der Waals surface area contributed by atoms with E-state index < -0.39 is 6.01 Å². The number of aromatic nitrogens is 2. The Hall–Kier alpha value is -2.43. The standard InChI is InChI=1S/C13H10FN3O/c1-7-2-11-8(4-12(14)18-11)3-9(7)10-5-17-13(15)6-16-10/h2-6H,1H3,(H2,15,17). The molecule has 0 saturated heterocycles. The Labute approximate surface area is 102 Å². The molecule has 0 fully saturated rings. The molecule has 1 aromatic carbocycles. The summed E-state index contributed by atoms with van der Waals surface area (Å²) in [6.45, 7) is 1.91. The van der Waals surface area contributed by atoms with Gasteiger partial charge in [0.05, 0.1) is 18.1 Å². The molecule has 0 atom stereocenters. The summed E-state index contributed by atoms with van der Waals surface area (Å²) < 4.78 is 18.0. The van der Waals surface area contributed by atoms with E-state index >= 15 is 0 Å². The van der Waals surface area contributed by atoms with Crippen LogP contribution < -0.4 is 5.73 Å². The minimum absolute atomic E-state index is 0.367. The smallest absolute Gasteiger partial charge is 0.278 e. The van der Waals surface area contributed by atoms with Crippen LogP contribution in [0.1, 0.15) is 5.56 Å². The predicted octanol–water partition coefficient (Wildman–Crippen LogP) is 2.92. The number of hydrogen-bond acceptors (Lipinski definition) is 4. The van der Waals surface area contributed by atoms with Gasteiger partial charge in [-0.05, 0) is 24.6 Å². The van der Waals surface area contributed by atoms with Gasteiger partial charge < -0.3 is 10.2 Å². The van der Waals surface area contributed by atoms with Crippen LogP contribution in [-0.4, -0.2) is 9.97 Å². The summed E-state index contributed by atoms with van der Waals surface area (Å²) >= 11 is 0. The molecule has 4 nitrogen and oxygen atoms in total. The molecule has 0 aliphatic carbocycles. The molecule has 2 aromatic heterocycles. The lowest BCUT2D eigenvalue weighted by atomic mass is 10.0. The average Bonchev–Trinajstić information content (AvgIpc) is 2.68. The number of rotatable bonds is 1. The molecule has 0 unspecified atom stereocenters. The molecule has 0 amide bonds. The quantitative estimate of drug-likeness (QED) is 0.713. The molecule has 3 aromatic rings. The minimum Gasteiger partial charge on any atom is -0.431 e. The summed E-state index contributed by atoms with van der Waals surface area (Å²) in [6.07, 6.45) is 3.09. The number of benzene rings is 1. The van der Waals surface area contributed by atoms with Gasteiger partial charge in [-0.3, -0.25) is 4.98 Å². The number of nitrogen functional groups attached to an aromatic ring is 1. The number of furan rings is 1. The van der Waals surface area contributed by atoms with Crippen molar-refractivity contribution >= 4 is 16.8 Å². The monoisotopic (exact) mass is 243 g/mol. The molecule has 18 heavy (non-hydrogen) atoms. The van der Waals surface area contributed by atoms with Crippen molar-refractivity contribution in [1.29, 1.82) is 0 Å². The summed E-state index contributed by atoms with van der Waals surface area (Å²) in [4.78, 5) is 8.21. The highest BCUT2D eigenvalue weighted by Gasteiger charge is 2.09. The number of aryl methyl sites for hydroxylation is 1. The van der Waals surface area contributed by atoms with E-state index in [1.54, 1.807) is 12.3 Å². The van der Waals surface area contributed by atoms with Crippen molar-refractivity contribution in [2.45, 2.75) is 6.92 Å². The first kappa shape index (κ1) is 10.7. The summed E-state index contributed by atoms with van der Waals surface area (Å²) in [7, 11) is 0. The van der Waals surface area contributed by atoms with Gasteiger partial charge in [0.1, 0.15) is 11.4 Å². The number of fused-ring (bicyclic) bond motifs is 1. The van der Waals surface area contributed by atoms with Gasteiger partial charge in [0.15, 0.2) is 0 Å². The van der Waals surface area contributed by atoms with E-state index in [2.05, 4.69) is 9.97 Å². The molecule has 3 rings (SSSR count). The minimum atomic E-state index is -0.593. The molecule has 5 heteroatoms. The Morgan fingerprint density at radius 1 is 1.17 bits per heavy atom. The van der Waals surface area contributed by atoms with Crippen LogP contribution in [0.15, 0.2) is 35.0 Å². The molecular formula is C13H10FN3O. The van der Waals surface area contributed by atoms with Gasteiger partial charge in [-0.2, -0.15) is 4.39 Å². The van der Waals surface area contributed by atoms with Gasteiger partial charge in [-0.1, -0.05) is 0 Å². The van der Waals surface area contributed by atoms with Gasteiger partial charge in [0, 0.05) is 17.0 Å². The summed E-state index contributed by atoms with van der Waals surface area (Å²) in [5.41, 5.74) is 8.55. The van der Waals surface area contributed by atoms with Crippen LogP contribution in [0.3, 0.4) is 0 Å². The van der Waals surface area contributed by atoms with Gasteiger partial charge in [-0.25, -0.2) is 4.98 Å². The molecular weight excluding hydrogens is 233 g/mol. The van der Waals surface area contributed by atoms with Crippen LogP contribution in [0.25, 0.3) is 22.2 Å². The van der Waals surface area contributed by atoms with Gasteiger partial charge in [0.2, 0.25) is 0 Å². The lowest BCUT2D eigenvalue weighted by molar-refractivity contribution is 0.381. The third-order valence-corrected chi connectivity index (χ3v) is 2.78. The van der Waals surface area contributed by atoms with Crippen molar-refractivity contribution in [3.63, 3.8) is 0 Å². The predicted molar refractivity (Wildman–Crippen MR) is 66.3 cm³/mol. The Morgan fingerprint density at radius 2 is 2.00 bits per heavy atom. The van der Waals surface area contributed by atoms with Crippen LogP contribution in [0.5, 0.6) is 0 Å². The van der Waals surface area contributed by atoms with Gasteiger partial charge in [0.25, 0.3) is 6.01 Å². The van der Waals surface area contributed by atoms with Crippen LogP contribution in [-0.2, 0) is 0 Å². The fourth-order valence-electron chi connectivity index (χ4n) is 1.91. The van der Waals surface area contributed by atoms with E-state index in [9.17, 15) is 4.39 Å². The van der Waals surface area contributed by atoms with E-state index in [1.165, 1.54) is 12.3 Å². The first-order valence-corrected chi connectivity index (χ1v) is 5.41. The van der Waals surface area contributed by atoms with Crippen molar-refractivity contribution in [3.05, 3.63) is 42.2 Å². The first-order chi connectivity index (χ1) is 8.63. The fourth-order valence-corrected chi connectivity index (χ4v) is 1.91. The second-order valence-electron chi connectivity index (χ2n) is 4.08. The van der Waals surface area contributed by atoms with Gasteiger partial charge in [-0.15, -0.1) is 0 Å². The lowest BCUT2D eigenvalue weighted by Crippen LogP contribution is -1.93. The maximum Gasteiger partial charge on any atom is 0.278 e. The van der Waals surface area contributed by atoms with Crippen molar-refractivity contribution < 1.29 is 8.81 Å². The number of hydrogen-bond donors (Lipinski definition) is 1. The highest BCUT2D eigenvalue weighted by atomic mass is 19.1. The topological polar surface area (TPSA) is 64.9 Å². The fraction of sp³-hybridized carbons (Fsp3) is 0.0769. The zero-order valence-corrected chi connectivity index (χ0v) is 9.64. The highest BCUT2D eigenvalue weighted by Crippen LogP contribution is 2.28. The van der Waals surface area contributed by atoms with Crippen LogP contribution in [0.2, 0.25) is 0 Å². The third kappa shape index (κ3) is 1.69. The average molecular weight is 243 g/mol. The van der Waals surface area contributed by atoms with Crippen LogP contribution in [0, 0.1) is 12.9 Å². The molecule has 2 heterocycles. The molecule has 0 aliphatic heterocycles. The highest BCUT2D eigenvalue weighted by molar-refractivity contribution is 5.84. The van der Waals surface area contributed by atoms with Crippen LogP contribution in [0.4, 0.5) is 10.2 Å². The normalized spacial score (nSPS) is 11.0. The van der Waals surface area contributed by atoms with Gasteiger partial charge >= 0.3 is 0 Å². The largest absolute Gasteiger partial charge is 0.431 e. The molecule has 90 valence electrons.